The molecule has 0 aliphatic heterocycles. The molecule has 104 valence electrons. The van der Waals surface area contributed by atoms with E-state index in [0.29, 0.717) is 0 Å². The van der Waals surface area contributed by atoms with E-state index in [-0.39, 0.29) is 0 Å². The lowest BCUT2D eigenvalue weighted by molar-refractivity contribution is 0.157. The van der Waals surface area contributed by atoms with Gasteiger partial charge in [-0.25, -0.2) is 0 Å². The van der Waals surface area contributed by atoms with Crippen LogP contribution in [0.3, 0.4) is 0 Å². The molecule has 0 aromatic heterocycles. The van der Waals surface area contributed by atoms with E-state index in [1.807, 2.05) is 6.08 Å². The van der Waals surface area contributed by atoms with Gasteiger partial charge in [-0.3, -0.25) is 0 Å². The highest BCUT2D eigenvalue weighted by molar-refractivity contribution is 5.02. The van der Waals surface area contributed by atoms with Crippen LogP contribution in [0.4, 0.5) is 0 Å². The molecule has 0 saturated carbocycles. The quantitative estimate of drug-likeness (QED) is 0.350. The molecule has 0 aliphatic carbocycles. The topological polar surface area (TPSA) is 9.23 Å². The molecule has 0 heterocycles. The first-order valence-corrected chi connectivity index (χ1v) is 7.14. The first kappa shape index (κ1) is 17.2. The third kappa shape index (κ3) is 13.2. The number of unbranched alkanes of at least 4 members (excludes halogenated alkanes) is 3. The fourth-order valence-electron chi connectivity index (χ4n) is 1.64. The third-order valence-corrected chi connectivity index (χ3v) is 2.84. The van der Waals surface area contributed by atoms with E-state index >= 15 is 0 Å². The molecule has 0 aromatic carbocycles. The predicted molar refractivity (Wildman–Crippen MR) is 81.9 cm³/mol. The Bertz CT molecular complexity index is 257. The summed E-state index contributed by atoms with van der Waals surface area (Å²) in [7, 11) is 0. The second-order valence-corrected chi connectivity index (χ2v) is 5.08. The molecular formula is C17H30O. The number of rotatable bonds is 11. The van der Waals surface area contributed by atoms with Crippen LogP contribution >= 0.6 is 0 Å². The summed E-state index contributed by atoms with van der Waals surface area (Å²) in [6, 6.07) is 0. The van der Waals surface area contributed by atoms with Gasteiger partial charge < -0.3 is 4.74 Å². The molecule has 1 nitrogen and oxygen atoms in total. The lowest BCUT2D eigenvalue weighted by Crippen LogP contribution is -1.95. The van der Waals surface area contributed by atoms with Crippen molar-refractivity contribution in [3.63, 3.8) is 0 Å². The van der Waals surface area contributed by atoms with Crippen LogP contribution in [0, 0.1) is 0 Å². The van der Waals surface area contributed by atoms with Crippen LogP contribution in [0.1, 0.15) is 59.3 Å². The summed E-state index contributed by atoms with van der Waals surface area (Å²) >= 11 is 0. The number of hydrogen-bond donors (Lipinski definition) is 0. The van der Waals surface area contributed by atoms with Crippen LogP contribution in [-0.4, -0.2) is 13.2 Å². The molecule has 1 heteroatoms. The van der Waals surface area contributed by atoms with E-state index in [2.05, 4.69) is 39.5 Å². The first-order chi connectivity index (χ1) is 8.66. The zero-order chi connectivity index (χ0) is 13.6. The van der Waals surface area contributed by atoms with Crippen LogP contribution in [0.2, 0.25) is 0 Å². The van der Waals surface area contributed by atoms with Crippen molar-refractivity contribution in [3.8, 4) is 0 Å². The van der Waals surface area contributed by atoms with E-state index in [9.17, 15) is 0 Å². The monoisotopic (exact) mass is 250 g/mol. The first-order valence-electron chi connectivity index (χ1n) is 7.14. The SMILES string of the molecule is C=CCCCCCOCC=C(C)CCC=C(C)C. The molecule has 0 rings (SSSR count). The average Bonchev–Trinajstić information content (AvgIpc) is 2.32. The summed E-state index contributed by atoms with van der Waals surface area (Å²) in [5.74, 6) is 0. The molecular weight excluding hydrogens is 220 g/mol. The van der Waals surface area contributed by atoms with Gasteiger partial charge in [0.25, 0.3) is 0 Å². The van der Waals surface area contributed by atoms with Crippen molar-refractivity contribution in [2.45, 2.75) is 59.3 Å². The van der Waals surface area contributed by atoms with Crippen LogP contribution in [-0.2, 0) is 4.74 Å². The average molecular weight is 250 g/mol. The molecule has 0 fully saturated rings. The molecule has 0 radical (unpaired) electrons. The molecule has 0 aliphatic rings. The Kier molecular flexibility index (Phi) is 12.1. The van der Waals surface area contributed by atoms with Crippen molar-refractivity contribution in [2.75, 3.05) is 13.2 Å². The van der Waals surface area contributed by atoms with Crippen LogP contribution in [0.5, 0.6) is 0 Å². The van der Waals surface area contributed by atoms with Crippen molar-refractivity contribution in [2.24, 2.45) is 0 Å². The van der Waals surface area contributed by atoms with Gasteiger partial charge in [0.15, 0.2) is 0 Å². The van der Waals surface area contributed by atoms with E-state index in [4.69, 9.17) is 4.74 Å². The Morgan fingerprint density at radius 1 is 1.00 bits per heavy atom. The maximum absolute atomic E-state index is 5.59. The van der Waals surface area contributed by atoms with Gasteiger partial charge in [-0.15, -0.1) is 6.58 Å². The van der Waals surface area contributed by atoms with Crippen molar-refractivity contribution in [1.82, 2.24) is 0 Å². The Morgan fingerprint density at radius 2 is 1.78 bits per heavy atom. The molecule has 0 saturated heterocycles. The summed E-state index contributed by atoms with van der Waals surface area (Å²) in [6.07, 6.45) is 13.6. The van der Waals surface area contributed by atoms with E-state index < -0.39 is 0 Å². The highest BCUT2D eigenvalue weighted by Crippen LogP contribution is 2.06. The van der Waals surface area contributed by atoms with Gasteiger partial charge in [-0.05, 0) is 52.9 Å². The van der Waals surface area contributed by atoms with Crippen LogP contribution in [0.15, 0.2) is 36.0 Å². The second kappa shape index (κ2) is 12.6. The number of ether oxygens (including phenoxy) is 1. The van der Waals surface area contributed by atoms with E-state index in [0.717, 1.165) is 32.5 Å². The summed E-state index contributed by atoms with van der Waals surface area (Å²) in [6.45, 7) is 11.9. The zero-order valence-electron chi connectivity index (χ0n) is 12.5. The van der Waals surface area contributed by atoms with Crippen LogP contribution in [0.25, 0.3) is 0 Å². The fraction of sp³-hybridized carbons (Fsp3) is 0.647. The summed E-state index contributed by atoms with van der Waals surface area (Å²) in [4.78, 5) is 0. The Hall–Kier alpha value is -0.820. The molecule has 0 amide bonds. The minimum absolute atomic E-state index is 0.766. The molecule has 0 unspecified atom stereocenters. The summed E-state index contributed by atoms with van der Waals surface area (Å²) < 4.78 is 5.59. The second-order valence-electron chi connectivity index (χ2n) is 5.08. The maximum Gasteiger partial charge on any atom is 0.0649 e. The minimum Gasteiger partial charge on any atom is -0.377 e. The van der Waals surface area contributed by atoms with Crippen molar-refractivity contribution >= 4 is 0 Å². The normalized spacial score (nSPS) is 11.4. The lowest BCUT2D eigenvalue weighted by Gasteiger charge is -2.02. The van der Waals surface area contributed by atoms with Gasteiger partial charge in [0, 0.05) is 6.61 Å². The van der Waals surface area contributed by atoms with Gasteiger partial charge in [0.05, 0.1) is 6.61 Å². The smallest absolute Gasteiger partial charge is 0.0649 e. The molecule has 18 heavy (non-hydrogen) atoms. The Balaban J connectivity index is 3.39. The van der Waals surface area contributed by atoms with Gasteiger partial charge in [0.2, 0.25) is 0 Å². The van der Waals surface area contributed by atoms with Gasteiger partial charge in [0.1, 0.15) is 0 Å². The third-order valence-electron chi connectivity index (χ3n) is 2.84. The lowest BCUT2D eigenvalue weighted by atomic mass is 10.1. The highest BCUT2D eigenvalue weighted by atomic mass is 16.5. The van der Waals surface area contributed by atoms with E-state index in [1.54, 1.807) is 0 Å². The highest BCUT2D eigenvalue weighted by Gasteiger charge is 1.91. The van der Waals surface area contributed by atoms with Gasteiger partial charge in [-0.1, -0.05) is 35.8 Å². The van der Waals surface area contributed by atoms with E-state index in [1.165, 1.54) is 30.4 Å². The largest absolute Gasteiger partial charge is 0.377 e. The summed E-state index contributed by atoms with van der Waals surface area (Å²) in [5, 5.41) is 0. The molecule has 0 spiro atoms. The Labute approximate surface area is 114 Å². The number of hydrogen-bond acceptors (Lipinski definition) is 1. The van der Waals surface area contributed by atoms with Crippen molar-refractivity contribution < 1.29 is 4.74 Å². The summed E-state index contributed by atoms with van der Waals surface area (Å²) in [5.41, 5.74) is 2.83. The predicted octanol–water partition coefficient (Wildman–Crippen LogP) is 5.44. The standard InChI is InChI=1S/C17H30O/c1-5-6-7-8-9-14-18-15-13-17(4)12-10-11-16(2)3/h5,11,13H,1,6-10,12,14-15H2,2-4H3. The van der Waals surface area contributed by atoms with Crippen molar-refractivity contribution in [3.05, 3.63) is 36.0 Å². The maximum atomic E-state index is 5.59. The molecule has 0 N–H and O–H groups in total. The van der Waals surface area contributed by atoms with Crippen LogP contribution < -0.4 is 0 Å². The fourth-order valence-corrected chi connectivity index (χ4v) is 1.64. The number of allylic oxidation sites excluding steroid dienone is 4. The molecule has 0 atom stereocenters. The van der Waals surface area contributed by atoms with Gasteiger partial charge >= 0.3 is 0 Å². The molecule has 0 bridgehead atoms. The van der Waals surface area contributed by atoms with Crippen molar-refractivity contribution in [1.29, 1.82) is 0 Å². The van der Waals surface area contributed by atoms with Gasteiger partial charge in [-0.2, -0.15) is 0 Å². The minimum atomic E-state index is 0.766. The Morgan fingerprint density at radius 3 is 2.44 bits per heavy atom. The molecule has 0 aromatic rings. The zero-order valence-corrected chi connectivity index (χ0v) is 12.5.